The monoisotopic (exact) mass is 271 g/mol. The highest BCUT2D eigenvalue weighted by Crippen LogP contribution is 2.20. The van der Waals surface area contributed by atoms with E-state index in [1.807, 2.05) is 48.5 Å². The molecule has 0 spiro atoms. The Kier molecular flexibility index (Phi) is 5.59. The van der Waals surface area contributed by atoms with Crippen molar-refractivity contribution in [3.63, 3.8) is 0 Å². The van der Waals surface area contributed by atoms with E-state index in [1.54, 1.807) is 0 Å². The number of hydrogen-bond donors (Lipinski definition) is 2. The van der Waals surface area contributed by atoms with Gasteiger partial charge in [0.25, 0.3) is 0 Å². The lowest BCUT2D eigenvalue weighted by atomic mass is 10.0. The Morgan fingerprint density at radius 1 is 0.950 bits per heavy atom. The van der Waals surface area contributed by atoms with E-state index in [9.17, 15) is 0 Å². The highest BCUT2D eigenvalue weighted by atomic mass is 16.5. The van der Waals surface area contributed by atoms with Crippen molar-refractivity contribution in [3.8, 4) is 5.75 Å². The number of hydrogen-bond acceptors (Lipinski definition) is 3. The molecule has 0 unspecified atom stereocenters. The van der Waals surface area contributed by atoms with E-state index in [2.05, 4.69) is 0 Å². The molecule has 0 saturated carbocycles. The van der Waals surface area contributed by atoms with Crippen molar-refractivity contribution in [1.29, 1.82) is 0 Å². The van der Waals surface area contributed by atoms with E-state index in [0.717, 1.165) is 23.3 Å². The molecule has 3 nitrogen and oxygen atoms in total. The summed E-state index contributed by atoms with van der Waals surface area (Å²) in [7, 11) is 0. The fraction of sp³-hybridized carbons (Fsp3) is 0.294. The van der Waals surface area contributed by atoms with Gasteiger partial charge in [0.2, 0.25) is 0 Å². The molecule has 3 N–H and O–H groups in total. The molecular formula is C17H21NO2. The molecule has 20 heavy (non-hydrogen) atoms. The Labute approximate surface area is 120 Å². The predicted octanol–water partition coefficient (Wildman–Crippen LogP) is 2.30. The van der Waals surface area contributed by atoms with Gasteiger partial charge in [-0.2, -0.15) is 0 Å². The number of ether oxygens (including phenoxy) is 1. The third-order valence-corrected chi connectivity index (χ3v) is 3.22. The van der Waals surface area contributed by atoms with Crippen molar-refractivity contribution in [1.82, 2.24) is 0 Å². The highest BCUT2D eigenvalue weighted by molar-refractivity contribution is 5.36. The number of aliphatic hydroxyl groups is 1. The fourth-order valence-corrected chi connectivity index (χ4v) is 2.19. The van der Waals surface area contributed by atoms with E-state index < -0.39 is 0 Å². The average Bonchev–Trinajstić information content (AvgIpc) is 2.49. The third-order valence-electron chi connectivity index (χ3n) is 3.22. The SMILES string of the molecule is NCCc1ccc(OCc2ccccc2)cc1CCO. The van der Waals surface area contributed by atoms with Gasteiger partial charge in [-0.25, -0.2) is 0 Å². The van der Waals surface area contributed by atoms with Crippen LogP contribution in [0.25, 0.3) is 0 Å². The van der Waals surface area contributed by atoms with Crippen molar-refractivity contribution in [2.45, 2.75) is 19.4 Å². The summed E-state index contributed by atoms with van der Waals surface area (Å²) in [5.41, 5.74) is 9.05. The normalized spacial score (nSPS) is 10.5. The zero-order valence-corrected chi connectivity index (χ0v) is 11.6. The molecule has 0 bridgehead atoms. The zero-order chi connectivity index (χ0) is 14.2. The van der Waals surface area contributed by atoms with Crippen molar-refractivity contribution < 1.29 is 9.84 Å². The number of benzene rings is 2. The van der Waals surface area contributed by atoms with E-state index in [4.69, 9.17) is 15.6 Å². The smallest absolute Gasteiger partial charge is 0.120 e. The summed E-state index contributed by atoms with van der Waals surface area (Å²) in [6.45, 7) is 1.30. The van der Waals surface area contributed by atoms with Crippen molar-refractivity contribution >= 4 is 0 Å². The van der Waals surface area contributed by atoms with Crippen LogP contribution in [-0.2, 0) is 19.4 Å². The van der Waals surface area contributed by atoms with Crippen LogP contribution >= 0.6 is 0 Å². The second-order valence-electron chi connectivity index (χ2n) is 4.72. The summed E-state index contributed by atoms with van der Waals surface area (Å²) < 4.78 is 5.80. The molecule has 0 amide bonds. The van der Waals surface area contributed by atoms with Crippen LogP contribution in [0, 0.1) is 0 Å². The summed E-state index contributed by atoms with van der Waals surface area (Å²) in [6, 6.07) is 16.1. The van der Waals surface area contributed by atoms with Crippen LogP contribution in [0.3, 0.4) is 0 Å². The van der Waals surface area contributed by atoms with E-state index in [-0.39, 0.29) is 6.61 Å². The van der Waals surface area contributed by atoms with Crippen LogP contribution in [-0.4, -0.2) is 18.3 Å². The van der Waals surface area contributed by atoms with Gasteiger partial charge in [-0.15, -0.1) is 0 Å². The Morgan fingerprint density at radius 2 is 1.75 bits per heavy atom. The largest absolute Gasteiger partial charge is 0.489 e. The molecule has 0 aliphatic rings. The average molecular weight is 271 g/mol. The van der Waals surface area contributed by atoms with Crippen LogP contribution in [0.5, 0.6) is 5.75 Å². The van der Waals surface area contributed by atoms with Crippen LogP contribution in [0.4, 0.5) is 0 Å². The van der Waals surface area contributed by atoms with Gasteiger partial charge in [-0.1, -0.05) is 36.4 Å². The summed E-state index contributed by atoms with van der Waals surface area (Å²) >= 11 is 0. The lowest BCUT2D eigenvalue weighted by Gasteiger charge is -2.12. The maximum absolute atomic E-state index is 9.14. The molecular weight excluding hydrogens is 250 g/mol. The lowest BCUT2D eigenvalue weighted by molar-refractivity contribution is 0.296. The van der Waals surface area contributed by atoms with Crippen molar-refractivity contribution in [2.75, 3.05) is 13.2 Å². The first kappa shape index (κ1) is 14.6. The maximum Gasteiger partial charge on any atom is 0.120 e. The predicted molar refractivity (Wildman–Crippen MR) is 80.8 cm³/mol. The summed E-state index contributed by atoms with van der Waals surface area (Å²) in [6.07, 6.45) is 1.46. The third kappa shape index (κ3) is 4.08. The second kappa shape index (κ2) is 7.68. The van der Waals surface area contributed by atoms with Crippen LogP contribution in [0.15, 0.2) is 48.5 Å². The second-order valence-corrected chi connectivity index (χ2v) is 4.72. The first-order valence-corrected chi connectivity index (χ1v) is 6.93. The first-order valence-electron chi connectivity index (χ1n) is 6.93. The lowest BCUT2D eigenvalue weighted by Crippen LogP contribution is -2.07. The molecule has 0 atom stereocenters. The number of rotatable bonds is 7. The molecule has 0 aliphatic heterocycles. The van der Waals surface area contributed by atoms with Crippen molar-refractivity contribution in [2.24, 2.45) is 5.73 Å². The van der Waals surface area contributed by atoms with E-state index in [0.29, 0.717) is 19.6 Å². The molecule has 2 aromatic rings. The fourth-order valence-electron chi connectivity index (χ4n) is 2.19. The molecule has 0 aliphatic carbocycles. The number of aliphatic hydroxyl groups excluding tert-OH is 1. The number of nitrogens with two attached hydrogens (primary N) is 1. The Hall–Kier alpha value is -1.84. The molecule has 0 saturated heterocycles. The van der Waals surface area contributed by atoms with Gasteiger partial charge in [0.1, 0.15) is 12.4 Å². The van der Waals surface area contributed by atoms with E-state index >= 15 is 0 Å². The first-order chi connectivity index (χ1) is 9.83. The van der Waals surface area contributed by atoms with Crippen LogP contribution < -0.4 is 10.5 Å². The van der Waals surface area contributed by atoms with Crippen LogP contribution in [0.1, 0.15) is 16.7 Å². The summed E-state index contributed by atoms with van der Waals surface area (Å²) in [5, 5.41) is 9.14. The standard InChI is InChI=1S/C17H21NO2/c18-10-8-15-6-7-17(12-16(15)9-11-19)20-13-14-4-2-1-3-5-14/h1-7,12,19H,8-11,13,18H2. The minimum atomic E-state index is 0.139. The minimum Gasteiger partial charge on any atom is -0.489 e. The van der Waals surface area contributed by atoms with Crippen molar-refractivity contribution in [3.05, 3.63) is 65.2 Å². The minimum absolute atomic E-state index is 0.139. The van der Waals surface area contributed by atoms with Crippen LogP contribution in [0.2, 0.25) is 0 Å². The molecule has 0 radical (unpaired) electrons. The Morgan fingerprint density at radius 3 is 2.45 bits per heavy atom. The van der Waals surface area contributed by atoms with Gasteiger partial charge in [0, 0.05) is 6.61 Å². The molecule has 0 fully saturated rings. The molecule has 3 heteroatoms. The van der Waals surface area contributed by atoms with Gasteiger partial charge in [0.05, 0.1) is 0 Å². The quantitative estimate of drug-likeness (QED) is 0.812. The molecule has 106 valence electrons. The topological polar surface area (TPSA) is 55.5 Å². The molecule has 0 heterocycles. The zero-order valence-electron chi connectivity index (χ0n) is 11.6. The summed E-state index contributed by atoms with van der Waals surface area (Å²) in [4.78, 5) is 0. The Balaban J connectivity index is 2.06. The van der Waals surface area contributed by atoms with Gasteiger partial charge in [0.15, 0.2) is 0 Å². The molecule has 2 rings (SSSR count). The van der Waals surface area contributed by atoms with Gasteiger partial charge in [-0.3, -0.25) is 0 Å². The van der Waals surface area contributed by atoms with Gasteiger partial charge < -0.3 is 15.6 Å². The van der Waals surface area contributed by atoms with E-state index in [1.165, 1.54) is 5.56 Å². The van der Waals surface area contributed by atoms with Gasteiger partial charge >= 0.3 is 0 Å². The molecule has 0 aromatic heterocycles. The van der Waals surface area contributed by atoms with Gasteiger partial charge in [-0.05, 0) is 48.2 Å². The Bertz CT molecular complexity index is 526. The maximum atomic E-state index is 9.14. The summed E-state index contributed by atoms with van der Waals surface area (Å²) in [5.74, 6) is 0.832. The highest BCUT2D eigenvalue weighted by Gasteiger charge is 2.04. The molecule has 2 aromatic carbocycles.